The highest BCUT2D eigenvalue weighted by molar-refractivity contribution is 7.90. The van der Waals surface area contributed by atoms with E-state index in [1.54, 1.807) is 6.92 Å². The third kappa shape index (κ3) is 4.39. The molecule has 0 aromatic rings. The van der Waals surface area contributed by atoms with E-state index in [2.05, 4.69) is 4.72 Å². The summed E-state index contributed by atoms with van der Waals surface area (Å²) in [5.74, 6) is 0. The molecule has 0 aliphatic carbocycles. The zero-order valence-corrected chi connectivity index (χ0v) is 12.0. The number of nitrogens with one attached hydrogen (secondary N) is 1. The molecule has 0 rings (SSSR count). The SMILES string of the molecule is CCC(C)(CC)S(=O)(=O)NCCCN(C)C. The molecular weight excluding hydrogens is 224 g/mol. The highest BCUT2D eigenvalue weighted by Crippen LogP contribution is 2.23. The van der Waals surface area contributed by atoms with E-state index in [-0.39, 0.29) is 0 Å². The molecule has 0 bridgehead atoms. The molecule has 0 atom stereocenters. The van der Waals surface area contributed by atoms with Gasteiger partial charge in [-0.25, -0.2) is 13.1 Å². The van der Waals surface area contributed by atoms with Gasteiger partial charge >= 0.3 is 0 Å². The van der Waals surface area contributed by atoms with E-state index in [1.165, 1.54) is 0 Å². The van der Waals surface area contributed by atoms with Crippen molar-refractivity contribution in [3.05, 3.63) is 0 Å². The third-order valence-corrected chi connectivity index (χ3v) is 5.68. The van der Waals surface area contributed by atoms with Gasteiger partial charge in [-0.05, 0) is 46.8 Å². The fraction of sp³-hybridized carbons (Fsp3) is 1.00. The largest absolute Gasteiger partial charge is 0.309 e. The standard InChI is InChI=1S/C11H26N2O2S/c1-6-11(3,7-2)16(14,15)12-9-8-10-13(4)5/h12H,6-10H2,1-5H3. The van der Waals surface area contributed by atoms with Crippen molar-refractivity contribution in [2.24, 2.45) is 0 Å². The average molecular weight is 250 g/mol. The summed E-state index contributed by atoms with van der Waals surface area (Å²) in [7, 11) is 0.777. The lowest BCUT2D eigenvalue weighted by molar-refractivity contribution is 0.398. The van der Waals surface area contributed by atoms with Crippen LogP contribution in [0.15, 0.2) is 0 Å². The molecule has 0 aliphatic heterocycles. The van der Waals surface area contributed by atoms with Crippen molar-refractivity contribution in [1.29, 1.82) is 0 Å². The first-order chi connectivity index (χ1) is 7.29. The summed E-state index contributed by atoms with van der Waals surface area (Å²) >= 11 is 0. The van der Waals surface area contributed by atoms with Crippen LogP contribution in [-0.2, 0) is 10.0 Å². The Bertz CT molecular complexity index is 282. The van der Waals surface area contributed by atoms with Crippen molar-refractivity contribution in [2.45, 2.75) is 44.8 Å². The molecule has 16 heavy (non-hydrogen) atoms. The first-order valence-electron chi connectivity index (χ1n) is 5.93. The molecule has 0 amide bonds. The minimum atomic E-state index is -3.19. The van der Waals surface area contributed by atoms with Gasteiger partial charge in [-0.15, -0.1) is 0 Å². The minimum Gasteiger partial charge on any atom is -0.309 e. The van der Waals surface area contributed by atoms with Crippen molar-refractivity contribution in [3.63, 3.8) is 0 Å². The Morgan fingerprint density at radius 2 is 1.69 bits per heavy atom. The lowest BCUT2D eigenvalue weighted by atomic mass is 10.1. The van der Waals surface area contributed by atoms with Crippen molar-refractivity contribution in [1.82, 2.24) is 9.62 Å². The fourth-order valence-corrected chi connectivity index (χ4v) is 2.93. The van der Waals surface area contributed by atoms with Crippen LogP contribution in [0.5, 0.6) is 0 Å². The first-order valence-corrected chi connectivity index (χ1v) is 7.41. The number of rotatable bonds is 8. The van der Waals surface area contributed by atoms with Crippen LogP contribution in [0.3, 0.4) is 0 Å². The van der Waals surface area contributed by atoms with Crippen molar-refractivity contribution in [3.8, 4) is 0 Å². The van der Waals surface area contributed by atoms with Crippen LogP contribution < -0.4 is 4.72 Å². The number of hydrogen-bond acceptors (Lipinski definition) is 3. The second-order valence-electron chi connectivity index (χ2n) is 4.71. The minimum absolute atomic E-state index is 0.524. The molecule has 0 fully saturated rings. The monoisotopic (exact) mass is 250 g/mol. The smallest absolute Gasteiger partial charge is 0.217 e. The van der Waals surface area contributed by atoms with Gasteiger partial charge in [0.25, 0.3) is 0 Å². The molecule has 0 aliphatic rings. The van der Waals surface area contributed by atoms with E-state index in [1.807, 2.05) is 32.8 Å². The Balaban J connectivity index is 4.25. The lowest BCUT2D eigenvalue weighted by Crippen LogP contribution is -2.43. The quantitative estimate of drug-likeness (QED) is 0.663. The lowest BCUT2D eigenvalue weighted by Gasteiger charge is -2.26. The average Bonchev–Trinajstić information content (AvgIpc) is 2.22. The molecule has 4 nitrogen and oxygen atoms in total. The van der Waals surface area contributed by atoms with Gasteiger partial charge in [0.05, 0.1) is 4.75 Å². The summed E-state index contributed by atoms with van der Waals surface area (Å²) in [6.45, 7) is 7.07. The first kappa shape index (κ1) is 15.9. The van der Waals surface area contributed by atoms with E-state index in [0.29, 0.717) is 19.4 Å². The summed E-state index contributed by atoms with van der Waals surface area (Å²) in [6.07, 6.45) is 2.13. The maximum atomic E-state index is 12.0. The summed E-state index contributed by atoms with van der Waals surface area (Å²) in [4.78, 5) is 2.05. The van der Waals surface area contributed by atoms with Crippen LogP contribution in [-0.4, -0.2) is 45.2 Å². The van der Waals surface area contributed by atoms with Gasteiger partial charge in [-0.1, -0.05) is 13.8 Å². The van der Waals surface area contributed by atoms with Crippen LogP contribution in [0.4, 0.5) is 0 Å². The number of nitrogens with zero attached hydrogens (tertiary/aromatic N) is 1. The predicted octanol–water partition coefficient (Wildman–Crippen LogP) is 1.44. The zero-order chi connectivity index (χ0) is 12.8. The molecule has 0 aromatic carbocycles. The predicted molar refractivity (Wildman–Crippen MR) is 69.1 cm³/mol. The topological polar surface area (TPSA) is 49.4 Å². The van der Waals surface area contributed by atoms with E-state index >= 15 is 0 Å². The molecule has 0 saturated carbocycles. The maximum Gasteiger partial charge on any atom is 0.217 e. The molecule has 0 aromatic heterocycles. The number of sulfonamides is 1. The molecular formula is C11H26N2O2S. The van der Waals surface area contributed by atoms with Crippen molar-refractivity contribution < 1.29 is 8.42 Å². The van der Waals surface area contributed by atoms with Gasteiger partial charge in [0.2, 0.25) is 10.0 Å². The molecule has 0 spiro atoms. The molecule has 0 heterocycles. The second-order valence-corrected chi connectivity index (χ2v) is 6.99. The van der Waals surface area contributed by atoms with Gasteiger partial charge < -0.3 is 4.90 Å². The van der Waals surface area contributed by atoms with Crippen molar-refractivity contribution >= 4 is 10.0 Å². The van der Waals surface area contributed by atoms with E-state index in [4.69, 9.17) is 0 Å². The molecule has 0 unspecified atom stereocenters. The van der Waals surface area contributed by atoms with Crippen molar-refractivity contribution in [2.75, 3.05) is 27.2 Å². The molecule has 0 radical (unpaired) electrons. The van der Waals surface area contributed by atoms with Crippen LogP contribution >= 0.6 is 0 Å². The second kappa shape index (κ2) is 6.57. The van der Waals surface area contributed by atoms with Gasteiger partial charge in [-0.2, -0.15) is 0 Å². The number of hydrogen-bond donors (Lipinski definition) is 1. The summed E-state index contributed by atoms with van der Waals surface area (Å²) in [6, 6.07) is 0. The van der Waals surface area contributed by atoms with Gasteiger partial charge in [0, 0.05) is 6.54 Å². The Hall–Kier alpha value is -0.130. The Morgan fingerprint density at radius 3 is 2.06 bits per heavy atom. The maximum absolute atomic E-state index is 12.0. The summed E-state index contributed by atoms with van der Waals surface area (Å²) in [5.41, 5.74) is 0. The summed E-state index contributed by atoms with van der Waals surface area (Å²) < 4.78 is 26.1. The fourth-order valence-electron chi connectivity index (χ4n) is 1.41. The van der Waals surface area contributed by atoms with Gasteiger partial charge in [-0.3, -0.25) is 0 Å². The Morgan fingerprint density at radius 1 is 1.19 bits per heavy atom. The normalized spacial score (nSPS) is 13.4. The third-order valence-electron chi connectivity index (χ3n) is 3.22. The summed E-state index contributed by atoms with van der Waals surface area (Å²) in [5, 5.41) is 0. The van der Waals surface area contributed by atoms with Crippen LogP contribution in [0.25, 0.3) is 0 Å². The molecule has 98 valence electrons. The molecule has 0 saturated heterocycles. The van der Waals surface area contributed by atoms with Gasteiger partial charge in [0.15, 0.2) is 0 Å². The van der Waals surface area contributed by atoms with Crippen LogP contribution in [0, 0.1) is 0 Å². The van der Waals surface area contributed by atoms with Crippen LogP contribution in [0.1, 0.15) is 40.0 Å². The van der Waals surface area contributed by atoms with E-state index in [0.717, 1.165) is 13.0 Å². The van der Waals surface area contributed by atoms with E-state index in [9.17, 15) is 8.42 Å². The van der Waals surface area contributed by atoms with Gasteiger partial charge in [0.1, 0.15) is 0 Å². The molecule has 5 heteroatoms. The zero-order valence-electron chi connectivity index (χ0n) is 11.2. The Labute approximate surface area is 100 Å². The highest BCUT2D eigenvalue weighted by Gasteiger charge is 2.34. The molecule has 1 N–H and O–H groups in total. The van der Waals surface area contributed by atoms with E-state index < -0.39 is 14.8 Å². The highest BCUT2D eigenvalue weighted by atomic mass is 32.2. The van der Waals surface area contributed by atoms with Crippen LogP contribution in [0.2, 0.25) is 0 Å². The Kier molecular flexibility index (Phi) is 6.51.